The van der Waals surface area contributed by atoms with E-state index < -0.39 is 11.6 Å². The largest absolute Gasteiger partial charge is 0.399 e. The number of hydrogen-bond donors (Lipinski definition) is 1. The Morgan fingerprint density at radius 3 is 2.58 bits per heavy atom. The fourth-order valence-electron chi connectivity index (χ4n) is 2.17. The van der Waals surface area contributed by atoms with Gasteiger partial charge in [0.1, 0.15) is 5.82 Å². The van der Waals surface area contributed by atoms with Crippen molar-refractivity contribution in [3.8, 4) is 5.69 Å². The molecule has 0 fully saturated rings. The molecule has 0 spiro atoms. The summed E-state index contributed by atoms with van der Waals surface area (Å²) in [7, 11) is 0. The molecule has 0 saturated carbocycles. The van der Waals surface area contributed by atoms with Crippen molar-refractivity contribution in [2.75, 3.05) is 5.73 Å². The molecule has 3 aromatic rings. The number of aromatic nitrogens is 2. The lowest BCUT2D eigenvalue weighted by Crippen LogP contribution is -1.98. The fourth-order valence-corrected chi connectivity index (χ4v) is 2.17. The Kier molecular flexibility index (Phi) is 2.48. The zero-order chi connectivity index (χ0) is 13.6. The minimum atomic E-state index is -0.880. The average molecular weight is 259 g/mol. The lowest BCUT2D eigenvalue weighted by molar-refractivity contribution is 0.508. The summed E-state index contributed by atoms with van der Waals surface area (Å²) < 4.78 is 28.1. The highest BCUT2D eigenvalue weighted by atomic mass is 19.2. The third kappa shape index (κ3) is 1.83. The van der Waals surface area contributed by atoms with Crippen LogP contribution in [0.1, 0.15) is 5.82 Å². The Labute approximate surface area is 108 Å². The van der Waals surface area contributed by atoms with Gasteiger partial charge in [-0.05, 0) is 37.3 Å². The first kappa shape index (κ1) is 11.6. The lowest BCUT2D eigenvalue weighted by Gasteiger charge is -2.07. The summed E-state index contributed by atoms with van der Waals surface area (Å²) in [4.78, 5) is 4.37. The Balaban J connectivity index is 2.29. The third-order valence-electron chi connectivity index (χ3n) is 3.01. The quantitative estimate of drug-likeness (QED) is 0.682. The summed E-state index contributed by atoms with van der Waals surface area (Å²) in [6.07, 6.45) is 0. The number of imidazole rings is 1. The zero-order valence-corrected chi connectivity index (χ0v) is 10.2. The molecule has 3 rings (SSSR count). The van der Waals surface area contributed by atoms with Crippen LogP contribution >= 0.6 is 0 Å². The molecule has 0 aliphatic rings. The molecule has 0 saturated heterocycles. The van der Waals surface area contributed by atoms with Gasteiger partial charge in [-0.25, -0.2) is 13.8 Å². The standard InChI is InChI=1S/C14H11F2N3/c1-8-18-13-6-9(17)2-5-14(13)19(8)10-3-4-11(15)12(16)7-10/h2-7H,17H2,1H3. The van der Waals surface area contributed by atoms with E-state index in [0.717, 1.165) is 23.2 Å². The number of nitrogens with two attached hydrogens (primary N) is 1. The second kappa shape index (κ2) is 4.05. The van der Waals surface area contributed by atoms with E-state index in [1.807, 2.05) is 6.07 Å². The van der Waals surface area contributed by atoms with Crippen LogP contribution in [-0.4, -0.2) is 9.55 Å². The predicted octanol–water partition coefficient (Wildman–Crippen LogP) is 3.19. The monoisotopic (exact) mass is 259 g/mol. The van der Waals surface area contributed by atoms with Gasteiger partial charge in [-0.15, -0.1) is 0 Å². The van der Waals surface area contributed by atoms with Crippen molar-refractivity contribution in [3.63, 3.8) is 0 Å². The van der Waals surface area contributed by atoms with E-state index in [0.29, 0.717) is 17.2 Å². The van der Waals surface area contributed by atoms with Crippen molar-refractivity contribution < 1.29 is 8.78 Å². The number of aryl methyl sites for hydroxylation is 1. The topological polar surface area (TPSA) is 43.8 Å². The van der Waals surface area contributed by atoms with Crippen LogP contribution in [0.4, 0.5) is 14.5 Å². The van der Waals surface area contributed by atoms with Gasteiger partial charge in [0, 0.05) is 11.8 Å². The number of halogens is 2. The van der Waals surface area contributed by atoms with Gasteiger partial charge < -0.3 is 5.73 Å². The van der Waals surface area contributed by atoms with Gasteiger partial charge in [0.15, 0.2) is 11.6 Å². The van der Waals surface area contributed by atoms with Gasteiger partial charge in [0.25, 0.3) is 0 Å². The molecule has 19 heavy (non-hydrogen) atoms. The molecule has 0 aliphatic carbocycles. The molecular weight excluding hydrogens is 248 g/mol. The minimum absolute atomic E-state index is 0.531. The molecule has 0 amide bonds. The summed E-state index contributed by atoms with van der Waals surface area (Å²) in [5.74, 6) is -1.06. The molecule has 2 N–H and O–H groups in total. The van der Waals surface area contributed by atoms with Crippen LogP contribution < -0.4 is 5.73 Å². The molecular formula is C14H11F2N3. The molecule has 0 radical (unpaired) electrons. The van der Waals surface area contributed by atoms with Gasteiger partial charge in [-0.1, -0.05) is 0 Å². The first-order chi connectivity index (χ1) is 9.06. The number of nitrogens with zero attached hydrogens (tertiary/aromatic N) is 2. The number of nitrogen functional groups attached to an aromatic ring is 1. The van der Waals surface area contributed by atoms with Crippen molar-refractivity contribution in [1.82, 2.24) is 9.55 Å². The third-order valence-corrected chi connectivity index (χ3v) is 3.01. The molecule has 96 valence electrons. The Hall–Kier alpha value is -2.43. The second-order valence-corrected chi connectivity index (χ2v) is 4.34. The summed E-state index contributed by atoms with van der Waals surface area (Å²) >= 11 is 0. The molecule has 0 aliphatic heterocycles. The Bertz CT molecular complexity index is 778. The maximum Gasteiger partial charge on any atom is 0.160 e. The van der Waals surface area contributed by atoms with Crippen molar-refractivity contribution in [3.05, 3.63) is 53.9 Å². The number of rotatable bonds is 1. The summed E-state index contributed by atoms with van der Waals surface area (Å²) in [5, 5.41) is 0. The van der Waals surface area contributed by atoms with Gasteiger partial charge >= 0.3 is 0 Å². The van der Waals surface area contributed by atoms with E-state index in [1.165, 1.54) is 6.07 Å². The van der Waals surface area contributed by atoms with E-state index in [-0.39, 0.29) is 0 Å². The lowest BCUT2D eigenvalue weighted by atomic mass is 10.2. The molecule has 1 aromatic heterocycles. The van der Waals surface area contributed by atoms with E-state index in [1.54, 1.807) is 23.6 Å². The van der Waals surface area contributed by atoms with Crippen LogP contribution in [0.5, 0.6) is 0 Å². The highest BCUT2D eigenvalue weighted by Gasteiger charge is 2.11. The van der Waals surface area contributed by atoms with Crippen molar-refractivity contribution >= 4 is 16.7 Å². The van der Waals surface area contributed by atoms with Crippen LogP contribution in [0, 0.1) is 18.6 Å². The average Bonchev–Trinajstić information content (AvgIpc) is 2.68. The van der Waals surface area contributed by atoms with Gasteiger partial charge in [0.2, 0.25) is 0 Å². The van der Waals surface area contributed by atoms with E-state index >= 15 is 0 Å². The van der Waals surface area contributed by atoms with Crippen molar-refractivity contribution in [1.29, 1.82) is 0 Å². The first-order valence-corrected chi connectivity index (χ1v) is 5.76. The molecule has 0 unspecified atom stereocenters. The fraction of sp³-hybridized carbons (Fsp3) is 0.0714. The Morgan fingerprint density at radius 1 is 1.05 bits per heavy atom. The molecule has 2 aromatic carbocycles. The summed E-state index contributed by atoms with van der Waals surface area (Å²) in [5.41, 5.74) is 8.38. The number of anilines is 1. The maximum atomic E-state index is 13.3. The van der Waals surface area contributed by atoms with Gasteiger partial charge in [0.05, 0.1) is 16.7 Å². The van der Waals surface area contributed by atoms with Crippen molar-refractivity contribution in [2.24, 2.45) is 0 Å². The normalized spacial score (nSPS) is 11.1. The maximum absolute atomic E-state index is 13.3. The summed E-state index contributed by atoms with van der Waals surface area (Å²) in [6, 6.07) is 9.08. The van der Waals surface area contributed by atoms with E-state index in [4.69, 9.17) is 5.73 Å². The second-order valence-electron chi connectivity index (χ2n) is 4.34. The number of fused-ring (bicyclic) bond motifs is 1. The van der Waals surface area contributed by atoms with Crippen LogP contribution in [0.2, 0.25) is 0 Å². The van der Waals surface area contributed by atoms with Gasteiger partial charge in [-0.2, -0.15) is 0 Å². The van der Waals surface area contributed by atoms with Crippen LogP contribution in [0.25, 0.3) is 16.7 Å². The first-order valence-electron chi connectivity index (χ1n) is 5.76. The molecule has 0 atom stereocenters. The van der Waals surface area contributed by atoms with Crippen LogP contribution in [-0.2, 0) is 0 Å². The van der Waals surface area contributed by atoms with Gasteiger partial charge in [-0.3, -0.25) is 4.57 Å². The zero-order valence-electron chi connectivity index (χ0n) is 10.2. The van der Waals surface area contributed by atoms with E-state index in [2.05, 4.69) is 4.98 Å². The van der Waals surface area contributed by atoms with Crippen molar-refractivity contribution in [2.45, 2.75) is 6.92 Å². The minimum Gasteiger partial charge on any atom is -0.399 e. The van der Waals surface area contributed by atoms with Crippen LogP contribution in [0.3, 0.4) is 0 Å². The number of benzene rings is 2. The molecule has 1 heterocycles. The summed E-state index contributed by atoms with van der Waals surface area (Å²) in [6.45, 7) is 1.80. The molecule has 0 bridgehead atoms. The molecule has 3 nitrogen and oxygen atoms in total. The number of hydrogen-bond acceptors (Lipinski definition) is 2. The smallest absolute Gasteiger partial charge is 0.160 e. The SMILES string of the molecule is Cc1nc2cc(N)ccc2n1-c1ccc(F)c(F)c1. The Morgan fingerprint density at radius 2 is 1.84 bits per heavy atom. The van der Waals surface area contributed by atoms with E-state index in [9.17, 15) is 8.78 Å². The molecule has 5 heteroatoms. The van der Waals surface area contributed by atoms with Crippen LogP contribution in [0.15, 0.2) is 36.4 Å². The predicted molar refractivity (Wildman–Crippen MR) is 70.1 cm³/mol. The highest BCUT2D eigenvalue weighted by Crippen LogP contribution is 2.23. The highest BCUT2D eigenvalue weighted by molar-refractivity contribution is 5.81.